The van der Waals surface area contributed by atoms with Crippen LogP contribution in [0.4, 0.5) is 0 Å². The maximum absolute atomic E-state index is 12.3. The summed E-state index contributed by atoms with van der Waals surface area (Å²) in [5.41, 5.74) is 2.33. The molecule has 4 aliphatic rings. The molecular weight excluding hydrogens is 286 g/mol. The topological polar surface area (TPSA) is 40.5 Å². The van der Waals surface area contributed by atoms with Crippen molar-refractivity contribution in [3.63, 3.8) is 0 Å². The number of hydrogen-bond acceptors (Lipinski definition) is 3. The molecule has 1 saturated heterocycles. The first-order valence-corrected chi connectivity index (χ1v) is 9.24. The van der Waals surface area contributed by atoms with Crippen molar-refractivity contribution in [2.24, 2.45) is 11.8 Å². The molecule has 5 rings (SSSR count). The third kappa shape index (κ3) is 2.02. The standard InChI is InChI=1S/C20H25NO2/c22-15-6-7-16-17-10-14-2-1-3-18(23)19(14)20(16,11-15)8-9-21(17)12-13-4-5-13/h1-3,13,16-17,23H,4-12H2/t16-,17-,20-/m0/s1. The minimum atomic E-state index is -0.0843. The number of Topliss-reactive ketones (excluding diaryl/α,β-unsaturated/α-hetero) is 1. The van der Waals surface area contributed by atoms with Crippen LogP contribution in [0.1, 0.15) is 49.7 Å². The van der Waals surface area contributed by atoms with Crippen molar-refractivity contribution in [3.8, 4) is 5.75 Å². The van der Waals surface area contributed by atoms with Gasteiger partial charge in [-0.3, -0.25) is 9.69 Å². The number of ketones is 1. The quantitative estimate of drug-likeness (QED) is 0.912. The third-order valence-corrected chi connectivity index (χ3v) is 6.98. The van der Waals surface area contributed by atoms with Crippen LogP contribution >= 0.6 is 0 Å². The maximum atomic E-state index is 12.3. The maximum Gasteiger partial charge on any atom is 0.133 e. The van der Waals surface area contributed by atoms with Gasteiger partial charge in [0.05, 0.1) is 0 Å². The minimum absolute atomic E-state index is 0.0843. The van der Waals surface area contributed by atoms with E-state index in [-0.39, 0.29) is 5.41 Å². The van der Waals surface area contributed by atoms with E-state index in [1.807, 2.05) is 12.1 Å². The van der Waals surface area contributed by atoms with E-state index in [1.165, 1.54) is 24.9 Å². The number of carbonyl (C=O) groups is 1. The van der Waals surface area contributed by atoms with E-state index in [1.54, 1.807) is 0 Å². The van der Waals surface area contributed by atoms with Crippen molar-refractivity contribution in [2.45, 2.75) is 56.4 Å². The van der Waals surface area contributed by atoms with Gasteiger partial charge in [0.25, 0.3) is 0 Å². The van der Waals surface area contributed by atoms with Gasteiger partial charge in [-0.15, -0.1) is 0 Å². The average Bonchev–Trinajstić information content (AvgIpc) is 3.33. The number of likely N-dealkylation sites (tertiary alicyclic amines) is 1. The first-order chi connectivity index (χ1) is 11.2. The Hall–Kier alpha value is -1.35. The predicted octanol–water partition coefficient (Wildman–Crippen LogP) is 3.04. The Bertz CT molecular complexity index is 666. The monoisotopic (exact) mass is 311 g/mol. The molecule has 0 aromatic heterocycles. The van der Waals surface area contributed by atoms with Crippen LogP contribution in [0, 0.1) is 11.8 Å². The number of phenolic OH excluding ortho intramolecular Hbond substituents is 1. The van der Waals surface area contributed by atoms with Gasteiger partial charge < -0.3 is 5.11 Å². The third-order valence-electron chi connectivity index (χ3n) is 6.98. The van der Waals surface area contributed by atoms with Gasteiger partial charge in [-0.25, -0.2) is 0 Å². The highest BCUT2D eigenvalue weighted by molar-refractivity contribution is 5.82. The van der Waals surface area contributed by atoms with Crippen molar-refractivity contribution in [3.05, 3.63) is 29.3 Å². The number of hydrogen-bond donors (Lipinski definition) is 1. The lowest BCUT2D eigenvalue weighted by molar-refractivity contribution is -0.127. The number of phenols is 1. The zero-order valence-electron chi connectivity index (χ0n) is 13.6. The van der Waals surface area contributed by atoms with Gasteiger partial charge in [0.1, 0.15) is 11.5 Å². The van der Waals surface area contributed by atoms with Crippen LogP contribution in [0.25, 0.3) is 0 Å². The zero-order chi connectivity index (χ0) is 15.6. The van der Waals surface area contributed by atoms with Crippen molar-refractivity contribution in [2.75, 3.05) is 13.1 Å². The van der Waals surface area contributed by atoms with E-state index in [2.05, 4.69) is 11.0 Å². The first kappa shape index (κ1) is 14.0. The summed E-state index contributed by atoms with van der Waals surface area (Å²) in [4.78, 5) is 15.0. The van der Waals surface area contributed by atoms with Crippen LogP contribution in [-0.2, 0) is 16.6 Å². The molecule has 3 fully saturated rings. The number of piperidine rings is 1. The van der Waals surface area contributed by atoms with Crippen LogP contribution in [0.5, 0.6) is 5.75 Å². The SMILES string of the molecule is O=C1CC[C@H]2[C@@H]3Cc4cccc(O)c4[C@@]2(CCN3CC2CC2)C1. The van der Waals surface area contributed by atoms with Crippen molar-refractivity contribution in [1.29, 1.82) is 0 Å². The highest BCUT2D eigenvalue weighted by Crippen LogP contribution is 2.57. The summed E-state index contributed by atoms with van der Waals surface area (Å²) >= 11 is 0. The summed E-state index contributed by atoms with van der Waals surface area (Å²) in [5, 5.41) is 10.6. The number of benzene rings is 1. The van der Waals surface area contributed by atoms with E-state index >= 15 is 0 Å². The molecule has 0 unspecified atom stereocenters. The van der Waals surface area contributed by atoms with E-state index in [9.17, 15) is 9.90 Å². The molecule has 3 heteroatoms. The van der Waals surface area contributed by atoms with Gasteiger partial charge in [0, 0.05) is 36.4 Å². The summed E-state index contributed by atoms with van der Waals surface area (Å²) < 4.78 is 0. The molecule has 0 spiro atoms. The Morgan fingerprint density at radius 3 is 2.96 bits per heavy atom. The number of carbonyl (C=O) groups excluding carboxylic acids is 1. The number of rotatable bonds is 2. The Morgan fingerprint density at radius 1 is 1.26 bits per heavy atom. The molecule has 1 aliphatic heterocycles. The molecule has 1 aromatic carbocycles. The van der Waals surface area contributed by atoms with Gasteiger partial charge in [0.2, 0.25) is 0 Å². The van der Waals surface area contributed by atoms with Crippen LogP contribution in [0.3, 0.4) is 0 Å². The second kappa shape index (κ2) is 4.83. The summed E-state index contributed by atoms with van der Waals surface area (Å²) in [6.07, 6.45) is 7.29. The molecule has 1 aromatic rings. The van der Waals surface area contributed by atoms with Crippen LogP contribution in [-0.4, -0.2) is 34.9 Å². The Kier molecular flexibility index (Phi) is 2.94. The fourth-order valence-corrected chi connectivity index (χ4v) is 5.85. The fourth-order valence-electron chi connectivity index (χ4n) is 5.85. The van der Waals surface area contributed by atoms with Gasteiger partial charge >= 0.3 is 0 Å². The molecule has 23 heavy (non-hydrogen) atoms. The van der Waals surface area contributed by atoms with Crippen LogP contribution < -0.4 is 0 Å². The fraction of sp³-hybridized carbons (Fsp3) is 0.650. The highest BCUT2D eigenvalue weighted by atomic mass is 16.3. The van der Waals surface area contributed by atoms with Crippen molar-refractivity contribution in [1.82, 2.24) is 4.90 Å². The summed E-state index contributed by atoms with van der Waals surface area (Å²) in [6, 6.07) is 6.55. The second-order valence-electron chi connectivity index (χ2n) is 8.29. The average molecular weight is 311 g/mol. The Labute approximate surface area is 137 Å². The van der Waals surface area contributed by atoms with Crippen LogP contribution in [0.15, 0.2) is 18.2 Å². The number of nitrogens with zero attached hydrogens (tertiary/aromatic N) is 1. The Balaban J connectivity index is 1.62. The summed E-state index contributed by atoms with van der Waals surface area (Å²) in [7, 11) is 0. The molecule has 0 amide bonds. The van der Waals surface area contributed by atoms with E-state index in [4.69, 9.17) is 0 Å². The van der Waals surface area contributed by atoms with E-state index in [0.717, 1.165) is 43.7 Å². The number of fused-ring (bicyclic) bond motifs is 1. The number of aromatic hydroxyl groups is 1. The minimum Gasteiger partial charge on any atom is -0.508 e. The van der Waals surface area contributed by atoms with E-state index < -0.39 is 0 Å². The normalized spacial score (nSPS) is 36.4. The van der Waals surface area contributed by atoms with Gasteiger partial charge in [-0.2, -0.15) is 0 Å². The van der Waals surface area contributed by atoms with Gasteiger partial charge in [-0.05, 0) is 62.1 Å². The van der Waals surface area contributed by atoms with Gasteiger partial charge in [0.15, 0.2) is 0 Å². The highest BCUT2D eigenvalue weighted by Gasteiger charge is 2.56. The van der Waals surface area contributed by atoms with E-state index in [0.29, 0.717) is 29.9 Å². The van der Waals surface area contributed by atoms with Crippen molar-refractivity contribution >= 4 is 5.78 Å². The molecule has 3 atom stereocenters. The lowest BCUT2D eigenvalue weighted by Crippen LogP contribution is -2.62. The summed E-state index contributed by atoms with van der Waals surface area (Å²) in [5.74, 6) is 2.29. The zero-order valence-corrected chi connectivity index (χ0v) is 13.6. The largest absolute Gasteiger partial charge is 0.508 e. The lowest BCUT2D eigenvalue weighted by Gasteiger charge is -2.58. The second-order valence-corrected chi connectivity index (χ2v) is 8.29. The summed E-state index contributed by atoms with van der Waals surface area (Å²) in [6.45, 7) is 2.35. The molecule has 3 aliphatic carbocycles. The molecule has 0 radical (unpaired) electrons. The Morgan fingerprint density at radius 2 is 2.13 bits per heavy atom. The molecule has 2 bridgehead atoms. The molecule has 3 nitrogen and oxygen atoms in total. The van der Waals surface area contributed by atoms with Gasteiger partial charge in [-0.1, -0.05) is 12.1 Å². The smallest absolute Gasteiger partial charge is 0.133 e. The predicted molar refractivity (Wildman–Crippen MR) is 88.5 cm³/mol. The molecule has 1 heterocycles. The van der Waals surface area contributed by atoms with Crippen molar-refractivity contribution < 1.29 is 9.90 Å². The molecule has 1 N–H and O–H groups in total. The molecule has 122 valence electrons. The van der Waals surface area contributed by atoms with Crippen LogP contribution in [0.2, 0.25) is 0 Å². The molecular formula is C20H25NO2. The first-order valence-electron chi connectivity index (χ1n) is 9.24. The lowest BCUT2D eigenvalue weighted by atomic mass is 9.52. The molecule has 2 saturated carbocycles.